The summed E-state index contributed by atoms with van der Waals surface area (Å²) in [5.41, 5.74) is 0.900. The zero-order valence-corrected chi connectivity index (χ0v) is 9.11. The van der Waals surface area contributed by atoms with Crippen LogP contribution < -0.4 is 4.74 Å². The maximum atomic E-state index is 5.83. The molecule has 0 fully saturated rings. The Bertz CT molecular complexity index is 453. The van der Waals surface area contributed by atoms with Crippen LogP contribution in [0.3, 0.4) is 0 Å². The van der Waals surface area contributed by atoms with Gasteiger partial charge in [0, 0.05) is 18.3 Å². The topological polar surface area (TPSA) is 27.1 Å². The minimum atomic E-state index is 0.460. The summed E-state index contributed by atoms with van der Waals surface area (Å²) in [6.07, 6.45) is 3.67. The largest absolute Gasteiger partial charge is 0.487 e. The van der Waals surface area contributed by atoms with Gasteiger partial charge >= 0.3 is 0 Å². The van der Waals surface area contributed by atoms with Crippen LogP contribution in [0.1, 0.15) is 5.69 Å². The van der Waals surface area contributed by atoms with Gasteiger partial charge in [0.1, 0.15) is 12.4 Å². The summed E-state index contributed by atoms with van der Waals surface area (Å²) in [6.45, 7) is 0.460. The molecule has 0 N–H and O–H groups in total. The van der Waals surface area contributed by atoms with Gasteiger partial charge in [0.25, 0.3) is 0 Å². The molecular formula is C11H11ClN2O. The lowest BCUT2D eigenvalue weighted by atomic mass is 10.3. The van der Waals surface area contributed by atoms with Crippen molar-refractivity contribution in [2.24, 2.45) is 7.05 Å². The highest BCUT2D eigenvalue weighted by molar-refractivity contribution is 6.30. The number of hydrogen-bond donors (Lipinski definition) is 0. The molecular weight excluding hydrogens is 212 g/mol. The Morgan fingerprint density at radius 1 is 1.47 bits per heavy atom. The number of halogens is 1. The minimum absolute atomic E-state index is 0.460. The molecule has 0 aliphatic rings. The van der Waals surface area contributed by atoms with Gasteiger partial charge in [-0.2, -0.15) is 0 Å². The Kier molecular flexibility index (Phi) is 2.92. The van der Waals surface area contributed by atoms with Crippen LogP contribution in [0, 0.1) is 0 Å². The van der Waals surface area contributed by atoms with E-state index in [2.05, 4.69) is 4.98 Å². The van der Waals surface area contributed by atoms with Gasteiger partial charge in [-0.05, 0) is 18.2 Å². The van der Waals surface area contributed by atoms with Crippen molar-refractivity contribution in [3.8, 4) is 5.75 Å². The Morgan fingerprint density at radius 3 is 3.00 bits per heavy atom. The zero-order chi connectivity index (χ0) is 10.7. The van der Waals surface area contributed by atoms with Gasteiger partial charge in [-0.3, -0.25) is 0 Å². The Balaban J connectivity index is 1.99. The number of aryl methyl sites for hydroxylation is 1. The molecule has 1 aromatic heterocycles. The van der Waals surface area contributed by atoms with Crippen molar-refractivity contribution in [1.29, 1.82) is 0 Å². The maximum Gasteiger partial charge on any atom is 0.132 e. The Hall–Kier alpha value is -1.48. The monoisotopic (exact) mass is 222 g/mol. The SMILES string of the molecule is Cn1cnc(COc2cccc(Cl)c2)c1. The average Bonchev–Trinajstić information content (AvgIpc) is 2.62. The first kappa shape index (κ1) is 10.1. The van der Waals surface area contributed by atoms with Crippen molar-refractivity contribution in [2.75, 3.05) is 0 Å². The molecule has 0 amide bonds. The summed E-state index contributed by atoms with van der Waals surface area (Å²) in [6, 6.07) is 7.32. The van der Waals surface area contributed by atoms with E-state index in [-0.39, 0.29) is 0 Å². The smallest absolute Gasteiger partial charge is 0.132 e. The minimum Gasteiger partial charge on any atom is -0.487 e. The van der Waals surface area contributed by atoms with Crippen molar-refractivity contribution in [3.05, 3.63) is 47.5 Å². The molecule has 0 unspecified atom stereocenters. The molecule has 1 aromatic carbocycles. The number of ether oxygens (including phenoxy) is 1. The van der Waals surface area contributed by atoms with E-state index in [1.807, 2.05) is 36.0 Å². The lowest BCUT2D eigenvalue weighted by Crippen LogP contribution is -1.95. The molecule has 78 valence electrons. The highest BCUT2D eigenvalue weighted by atomic mass is 35.5. The fourth-order valence-corrected chi connectivity index (χ4v) is 1.44. The van der Waals surface area contributed by atoms with Gasteiger partial charge in [0.15, 0.2) is 0 Å². The second-order valence-electron chi connectivity index (χ2n) is 3.28. The van der Waals surface area contributed by atoms with Crippen LogP contribution in [-0.4, -0.2) is 9.55 Å². The molecule has 0 bridgehead atoms. The second kappa shape index (κ2) is 4.36. The molecule has 0 saturated carbocycles. The van der Waals surface area contributed by atoms with Crippen molar-refractivity contribution in [3.63, 3.8) is 0 Å². The molecule has 0 aliphatic heterocycles. The lowest BCUT2D eigenvalue weighted by molar-refractivity contribution is 0.302. The number of aromatic nitrogens is 2. The van der Waals surface area contributed by atoms with Gasteiger partial charge in [-0.25, -0.2) is 4.98 Å². The summed E-state index contributed by atoms with van der Waals surface area (Å²) in [4.78, 5) is 4.16. The highest BCUT2D eigenvalue weighted by Gasteiger charge is 1.98. The number of imidazole rings is 1. The van der Waals surface area contributed by atoms with Crippen LogP contribution in [0.25, 0.3) is 0 Å². The normalized spacial score (nSPS) is 10.3. The maximum absolute atomic E-state index is 5.83. The third kappa shape index (κ3) is 2.73. The van der Waals surface area contributed by atoms with E-state index in [4.69, 9.17) is 16.3 Å². The van der Waals surface area contributed by atoms with Crippen LogP contribution in [0.5, 0.6) is 5.75 Å². The van der Waals surface area contributed by atoms with E-state index in [1.54, 1.807) is 12.4 Å². The molecule has 2 aromatic rings. The molecule has 3 nitrogen and oxygen atoms in total. The quantitative estimate of drug-likeness (QED) is 0.799. The molecule has 2 rings (SSSR count). The predicted octanol–water partition coefficient (Wildman–Crippen LogP) is 2.65. The van der Waals surface area contributed by atoms with E-state index in [1.165, 1.54) is 0 Å². The molecule has 4 heteroatoms. The first-order valence-electron chi connectivity index (χ1n) is 4.59. The predicted molar refractivity (Wildman–Crippen MR) is 59.0 cm³/mol. The van der Waals surface area contributed by atoms with Crippen LogP contribution in [0.2, 0.25) is 5.02 Å². The number of nitrogens with zero attached hydrogens (tertiary/aromatic N) is 2. The molecule has 0 atom stereocenters. The van der Waals surface area contributed by atoms with Gasteiger partial charge in [0.2, 0.25) is 0 Å². The lowest BCUT2D eigenvalue weighted by Gasteiger charge is -2.03. The fourth-order valence-electron chi connectivity index (χ4n) is 1.26. The number of benzene rings is 1. The number of rotatable bonds is 3. The Labute approximate surface area is 93.3 Å². The standard InChI is InChI=1S/C11H11ClN2O/c1-14-6-10(13-8-14)7-15-11-4-2-3-9(12)5-11/h2-6,8H,7H2,1H3. The van der Waals surface area contributed by atoms with Crippen LogP contribution in [0.15, 0.2) is 36.8 Å². The molecule has 0 saturated heterocycles. The summed E-state index contributed by atoms with van der Waals surface area (Å²) >= 11 is 5.83. The summed E-state index contributed by atoms with van der Waals surface area (Å²) in [5, 5.41) is 0.675. The third-order valence-corrected chi connectivity index (χ3v) is 2.18. The van der Waals surface area contributed by atoms with Gasteiger partial charge in [-0.15, -0.1) is 0 Å². The molecule has 0 spiro atoms. The van der Waals surface area contributed by atoms with Crippen molar-refractivity contribution >= 4 is 11.6 Å². The highest BCUT2D eigenvalue weighted by Crippen LogP contribution is 2.17. The molecule has 0 aliphatic carbocycles. The first-order valence-corrected chi connectivity index (χ1v) is 4.97. The summed E-state index contributed by atoms with van der Waals surface area (Å²) in [7, 11) is 1.93. The van der Waals surface area contributed by atoms with E-state index in [0.29, 0.717) is 11.6 Å². The van der Waals surface area contributed by atoms with Crippen molar-refractivity contribution in [1.82, 2.24) is 9.55 Å². The van der Waals surface area contributed by atoms with Crippen LogP contribution in [0.4, 0.5) is 0 Å². The van der Waals surface area contributed by atoms with Crippen molar-refractivity contribution < 1.29 is 4.74 Å². The van der Waals surface area contributed by atoms with E-state index < -0.39 is 0 Å². The molecule has 1 heterocycles. The third-order valence-electron chi connectivity index (χ3n) is 1.94. The van der Waals surface area contributed by atoms with Crippen LogP contribution in [-0.2, 0) is 13.7 Å². The van der Waals surface area contributed by atoms with Crippen LogP contribution >= 0.6 is 11.6 Å². The number of hydrogen-bond acceptors (Lipinski definition) is 2. The zero-order valence-electron chi connectivity index (χ0n) is 8.35. The van der Waals surface area contributed by atoms with E-state index >= 15 is 0 Å². The van der Waals surface area contributed by atoms with E-state index in [0.717, 1.165) is 11.4 Å². The second-order valence-corrected chi connectivity index (χ2v) is 3.71. The summed E-state index contributed by atoms with van der Waals surface area (Å²) in [5.74, 6) is 0.758. The Morgan fingerprint density at radius 2 is 2.33 bits per heavy atom. The fraction of sp³-hybridized carbons (Fsp3) is 0.182. The van der Waals surface area contributed by atoms with Gasteiger partial charge < -0.3 is 9.30 Å². The average molecular weight is 223 g/mol. The first-order chi connectivity index (χ1) is 7.24. The van der Waals surface area contributed by atoms with Gasteiger partial charge in [-0.1, -0.05) is 17.7 Å². The molecule has 0 radical (unpaired) electrons. The van der Waals surface area contributed by atoms with Gasteiger partial charge in [0.05, 0.1) is 12.0 Å². The molecule has 15 heavy (non-hydrogen) atoms. The van der Waals surface area contributed by atoms with E-state index in [9.17, 15) is 0 Å². The van der Waals surface area contributed by atoms with Crippen molar-refractivity contribution in [2.45, 2.75) is 6.61 Å². The summed E-state index contributed by atoms with van der Waals surface area (Å²) < 4.78 is 7.41.